The SMILES string of the molecule is Fc1cccc(F)c1CN1CC2CNCC2C1. The molecule has 0 saturated carbocycles. The molecule has 1 N–H and O–H groups in total. The van der Waals surface area contributed by atoms with E-state index in [4.69, 9.17) is 0 Å². The van der Waals surface area contributed by atoms with Gasteiger partial charge in [-0.25, -0.2) is 8.78 Å². The summed E-state index contributed by atoms with van der Waals surface area (Å²) in [5, 5.41) is 3.36. The number of nitrogens with one attached hydrogen (secondary N) is 1. The van der Waals surface area contributed by atoms with E-state index < -0.39 is 11.6 Å². The van der Waals surface area contributed by atoms with Crippen LogP contribution in [0.15, 0.2) is 18.2 Å². The van der Waals surface area contributed by atoms with Crippen molar-refractivity contribution >= 4 is 0 Å². The topological polar surface area (TPSA) is 15.3 Å². The van der Waals surface area contributed by atoms with Crippen LogP contribution in [0.5, 0.6) is 0 Å². The van der Waals surface area contributed by atoms with Crippen LogP contribution in [-0.2, 0) is 6.54 Å². The molecule has 17 heavy (non-hydrogen) atoms. The lowest BCUT2D eigenvalue weighted by Crippen LogP contribution is -2.26. The Morgan fingerprint density at radius 1 is 1.12 bits per heavy atom. The number of hydrogen-bond acceptors (Lipinski definition) is 2. The fourth-order valence-corrected chi connectivity index (χ4v) is 2.99. The van der Waals surface area contributed by atoms with Gasteiger partial charge < -0.3 is 5.32 Å². The standard InChI is InChI=1S/C13H16F2N2/c14-12-2-1-3-13(15)11(12)8-17-6-9-4-16-5-10(9)7-17/h1-3,9-10,16H,4-8H2. The first-order chi connectivity index (χ1) is 8.24. The van der Waals surface area contributed by atoms with Gasteiger partial charge in [0.2, 0.25) is 0 Å². The van der Waals surface area contributed by atoms with Crippen molar-refractivity contribution in [2.45, 2.75) is 6.54 Å². The molecule has 2 atom stereocenters. The van der Waals surface area contributed by atoms with E-state index >= 15 is 0 Å². The van der Waals surface area contributed by atoms with Gasteiger partial charge in [0.1, 0.15) is 11.6 Å². The van der Waals surface area contributed by atoms with Crippen LogP contribution >= 0.6 is 0 Å². The van der Waals surface area contributed by atoms with Crippen LogP contribution in [0.3, 0.4) is 0 Å². The minimum atomic E-state index is -0.430. The normalized spacial score (nSPS) is 28.6. The van der Waals surface area contributed by atoms with Crippen molar-refractivity contribution in [2.24, 2.45) is 11.8 Å². The van der Waals surface area contributed by atoms with Gasteiger partial charge in [-0.2, -0.15) is 0 Å². The number of nitrogens with zero attached hydrogens (tertiary/aromatic N) is 1. The number of likely N-dealkylation sites (tertiary alicyclic amines) is 1. The highest BCUT2D eigenvalue weighted by Crippen LogP contribution is 2.28. The van der Waals surface area contributed by atoms with Crippen molar-refractivity contribution in [3.8, 4) is 0 Å². The third-order valence-electron chi connectivity index (χ3n) is 3.91. The van der Waals surface area contributed by atoms with Crippen LogP contribution in [0.2, 0.25) is 0 Å². The van der Waals surface area contributed by atoms with E-state index in [1.165, 1.54) is 18.2 Å². The average molecular weight is 238 g/mol. The quantitative estimate of drug-likeness (QED) is 0.842. The molecule has 0 radical (unpaired) electrons. The largest absolute Gasteiger partial charge is 0.316 e. The second kappa shape index (κ2) is 4.35. The summed E-state index contributed by atoms with van der Waals surface area (Å²) >= 11 is 0. The molecule has 0 aromatic heterocycles. The maximum Gasteiger partial charge on any atom is 0.130 e. The Morgan fingerprint density at radius 2 is 1.71 bits per heavy atom. The molecule has 1 aromatic carbocycles. The van der Waals surface area contributed by atoms with Gasteiger partial charge in [0.15, 0.2) is 0 Å². The van der Waals surface area contributed by atoms with E-state index in [0.29, 0.717) is 18.4 Å². The highest BCUT2D eigenvalue weighted by atomic mass is 19.1. The van der Waals surface area contributed by atoms with E-state index in [9.17, 15) is 8.78 Å². The molecule has 2 heterocycles. The van der Waals surface area contributed by atoms with E-state index in [1.54, 1.807) is 0 Å². The van der Waals surface area contributed by atoms with Crippen LogP contribution in [0.25, 0.3) is 0 Å². The fraction of sp³-hybridized carbons (Fsp3) is 0.538. The maximum atomic E-state index is 13.5. The highest BCUT2D eigenvalue weighted by Gasteiger charge is 2.36. The van der Waals surface area contributed by atoms with Gasteiger partial charge >= 0.3 is 0 Å². The molecular formula is C13H16F2N2. The number of fused-ring (bicyclic) bond motifs is 1. The molecule has 4 heteroatoms. The van der Waals surface area contributed by atoms with Crippen LogP contribution in [0.4, 0.5) is 8.78 Å². The molecule has 2 aliphatic heterocycles. The summed E-state index contributed by atoms with van der Waals surface area (Å²) in [7, 11) is 0. The zero-order valence-electron chi connectivity index (χ0n) is 9.63. The summed E-state index contributed by atoms with van der Waals surface area (Å²) in [6, 6.07) is 4.07. The Bertz CT molecular complexity index is 390. The lowest BCUT2D eigenvalue weighted by Gasteiger charge is -2.17. The molecule has 2 aliphatic rings. The molecule has 2 fully saturated rings. The van der Waals surface area contributed by atoms with Crippen LogP contribution in [0, 0.1) is 23.5 Å². The smallest absolute Gasteiger partial charge is 0.130 e. The highest BCUT2D eigenvalue weighted by molar-refractivity contribution is 5.19. The van der Waals surface area contributed by atoms with Crippen molar-refractivity contribution < 1.29 is 8.78 Å². The Morgan fingerprint density at radius 3 is 2.29 bits per heavy atom. The summed E-state index contributed by atoms with van der Waals surface area (Å²) in [5.74, 6) is 0.454. The summed E-state index contributed by atoms with van der Waals surface area (Å²) in [4.78, 5) is 2.16. The van der Waals surface area contributed by atoms with Gasteiger partial charge in [-0.15, -0.1) is 0 Å². The van der Waals surface area contributed by atoms with E-state index in [-0.39, 0.29) is 5.56 Å². The Hall–Kier alpha value is -1.00. The fourth-order valence-electron chi connectivity index (χ4n) is 2.99. The molecule has 2 saturated heterocycles. The van der Waals surface area contributed by atoms with Crippen molar-refractivity contribution in [3.63, 3.8) is 0 Å². The van der Waals surface area contributed by atoms with Gasteiger partial charge in [0.05, 0.1) is 0 Å². The molecule has 92 valence electrons. The lowest BCUT2D eigenvalue weighted by molar-refractivity contribution is 0.295. The summed E-state index contributed by atoms with van der Waals surface area (Å²) in [6.07, 6.45) is 0. The molecule has 2 nitrogen and oxygen atoms in total. The molecule has 0 aliphatic carbocycles. The van der Waals surface area contributed by atoms with E-state index in [0.717, 1.165) is 26.2 Å². The zero-order chi connectivity index (χ0) is 11.8. The predicted molar refractivity (Wildman–Crippen MR) is 61.5 cm³/mol. The van der Waals surface area contributed by atoms with Crippen molar-refractivity contribution in [3.05, 3.63) is 35.4 Å². The van der Waals surface area contributed by atoms with Gasteiger partial charge in [-0.05, 0) is 37.1 Å². The Labute approximate surface area is 99.6 Å². The number of hydrogen-bond donors (Lipinski definition) is 1. The number of rotatable bonds is 2. The minimum Gasteiger partial charge on any atom is -0.316 e. The van der Waals surface area contributed by atoms with Crippen molar-refractivity contribution in [1.82, 2.24) is 10.2 Å². The molecule has 3 rings (SSSR count). The second-order valence-corrected chi connectivity index (χ2v) is 5.07. The van der Waals surface area contributed by atoms with E-state index in [1.807, 2.05) is 0 Å². The summed E-state index contributed by atoms with van der Waals surface area (Å²) in [6.45, 7) is 4.38. The Kier molecular flexibility index (Phi) is 2.84. The van der Waals surface area contributed by atoms with Crippen LogP contribution < -0.4 is 5.32 Å². The van der Waals surface area contributed by atoms with Crippen LogP contribution in [0.1, 0.15) is 5.56 Å². The van der Waals surface area contributed by atoms with Gasteiger partial charge in [-0.1, -0.05) is 6.07 Å². The number of benzene rings is 1. The first-order valence-corrected chi connectivity index (χ1v) is 6.10. The van der Waals surface area contributed by atoms with Crippen molar-refractivity contribution in [2.75, 3.05) is 26.2 Å². The Balaban J connectivity index is 1.72. The molecule has 0 bridgehead atoms. The molecule has 2 unspecified atom stereocenters. The monoisotopic (exact) mass is 238 g/mol. The molecule has 0 amide bonds. The maximum absolute atomic E-state index is 13.5. The predicted octanol–water partition coefficient (Wildman–Crippen LogP) is 1.62. The van der Waals surface area contributed by atoms with Gasteiger partial charge in [-0.3, -0.25) is 4.90 Å². The van der Waals surface area contributed by atoms with E-state index in [2.05, 4.69) is 10.2 Å². The average Bonchev–Trinajstić information content (AvgIpc) is 2.83. The van der Waals surface area contributed by atoms with Crippen molar-refractivity contribution in [1.29, 1.82) is 0 Å². The molecular weight excluding hydrogens is 222 g/mol. The molecule has 1 aromatic rings. The third-order valence-corrected chi connectivity index (χ3v) is 3.91. The number of halogens is 2. The molecule has 0 spiro atoms. The summed E-state index contributed by atoms with van der Waals surface area (Å²) in [5.41, 5.74) is 0.209. The second-order valence-electron chi connectivity index (χ2n) is 5.07. The first-order valence-electron chi connectivity index (χ1n) is 6.10. The third kappa shape index (κ3) is 2.07. The lowest BCUT2D eigenvalue weighted by atomic mass is 10.0. The minimum absolute atomic E-state index is 0.209. The van der Waals surface area contributed by atoms with Gasteiger partial charge in [0, 0.05) is 25.2 Å². The first kappa shape index (κ1) is 11.1. The van der Waals surface area contributed by atoms with Gasteiger partial charge in [0.25, 0.3) is 0 Å². The summed E-state index contributed by atoms with van der Waals surface area (Å²) < 4.78 is 27.0. The zero-order valence-corrected chi connectivity index (χ0v) is 9.63. The van der Waals surface area contributed by atoms with Crippen LogP contribution in [-0.4, -0.2) is 31.1 Å².